The number of hydrogen-bond donors (Lipinski definition) is 0. The van der Waals surface area contributed by atoms with Gasteiger partial charge in [-0.15, -0.1) is 0 Å². The summed E-state index contributed by atoms with van der Waals surface area (Å²) in [6.07, 6.45) is 0.637. The van der Waals surface area contributed by atoms with Crippen LogP contribution in [0.4, 0.5) is 4.39 Å². The van der Waals surface area contributed by atoms with E-state index in [9.17, 15) is 17.6 Å². The van der Waals surface area contributed by atoms with Crippen molar-refractivity contribution in [3.8, 4) is 0 Å². The zero-order valence-corrected chi connectivity index (χ0v) is 11.7. The van der Waals surface area contributed by atoms with E-state index < -0.39 is 21.5 Å². The zero-order valence-electron chi connectivity index (χ0n) is 10.1. The minimum absolute atomic E-state index is 0.0554. The molecule has 0 aromatic carbocycles. The van der Waals surface area contributed by atoms with E-state index >= 15 is 0 Å². The third-order valence-electron chi connectivity index (χ3n) is 2.50. The molecule has 0 aliphatic carbocycles. The molecule has 19 heavy (non-hydrogen) atoms. The van der Waals surface area contributed by atoms with Gasteiger partial charge in [-0.25, -0.2) is 17.6 Å². The number of aromatic nitrogens is 2. The van der Waals surface area contributed by atoms with Crippen molar-refractivity contribution in [3.05, 3.63) is 44.8 Å². The lowest BCUT2D eigenvalue weighted by atomic mass is 10.6. The molecule has 0 radical (unpaired) electrons. The molecule has 0 aliphatic heterocycles. The summed E-state index contributed by atoms with van der Waals surface area (Å²) >= 11 is 1.17. The fraction of sp³-hybridized carbons (Fsp3) is 0.200. The molecule has 0 unspecified atom stereocenters. The first-order chi connectivity index (χ1) is 8.89. The minimum atomic E-state index is -4.08. The lowest BCUT2D eigenvalue weighted by Gasteiger charge is -2.08. The van der Waals surface area contributed by atoms with Crippen LogP contribution < -0.4 is 11.2 Å². The van der Waals surface area contributed by atoms with Gasteiger partial charge in [-0.2, -0.15) is 15.3 Å². The van der Waals surface area contributed by atoms with Gasteiger partial charge in [0.1, 0.15) is 0 Å². The molecule has 0 saturated carbocycles. The topological polar surface area (TPSA) is 73.4 Å². The van der Waals surface area contributed by atoms with Crippen LogP contribution in [0.3, 0.4) is 0 Å². The van der Waals surface area contributed by atoms with Crippen LogP contribution in [-0.4, -0.2) is 24.0 Å². The second kappa shape index (κ2) is 4.74. The van der Waals surface area contributed by atoms with Crippen LogP contribution in [0.1, 0.15) is 0 Å². The maximum Gasteiger partial charge on any atom is 0.343 e. The van der Waals surface area contributed by atoms with E-state index in [1.807, 2.05) is 0 Å². The van der Waals surface area contributed by atoms with Crippen LogP contribution in [0.25, 0.3) is 0 Å². The monoisotopic (exact) mass is 303 g/mol. The van der Waals surface area contributed by atoms with Crippen LogP contribution in [0, 0.1) is 5.82 Å². The Morgan fingerprint density at radius 1 is 1.42 bits per heavy atom. The summed E-state index contributed by atoms with van der Waals surface area (Å²) < 4.78 is 39.3. The first kappa shape index (κ1) is 13.7. The quantitative estimate of drug-likeness (QED) is 0.793. The molecule has 0 bridgehead atoms. The minimum Gasteiger partial charge on any atom is -0.278 e. The molecular weight excluding hydrogens is 293 g/mol. The van der Waals surface area contributed by atoms with Gasteiger partial charge in [-0.05, 0) is 11.4 Å². The fourth-order valence-electron chi connectivity index (χ4n) is 1.56. The normalized spacial score (nSPS) is 12.9. The van der Waals surface area contributed by atoms with Crippen molar-refractivity contribution in [3.63, 3.8) is 0 Å². The number of rotatable bonds is 2. The molecule has 102 valence electrons. The summed E-state index contributed by atoms with van der Waals surface area (Å²) in [6, 6.07) is 1.35. The Morgan fingerprint density at radius 3 is 2.63 bits per heavy atom. The molecule has 0 fully saturated rings. The van der Waals surface area contributed by atoms with Crippen molar-refractivity contribution >= 4 is 21.4 Å². The Bertz CT molecular complexity index is 832. The molecule has 0 spiro atoms. The first-order valence-electron chi connectivity index (χ1n) is 5.08. The van der Waals surface area contributed by atoms with Gasteiger partial charge in [0.25, 0.3) is 10.0 Å². The largest absolute Gasteiger partial charge is 0.343 e. The van der Waals surface area contributed by atoms with Gasteiger partial charge >= 0.3 is 5.69 Å². The van der Waals surface area contributed by atoms with Crippen LogP contribution in [-0.2, 0) is 17.1 Å². The van der Waals surface area contributed by atoms with Gasteiger partial charge in [-0.3, -0.25) is 9.56 Å². The third kappa shape index (κ3) is 2.15. The van der Waals surface area contributed by atoms with Gasteiger partial charge in [0.2, 0.25) is 0 Å². The van der Waals surface area contributed by atoms with E-state index in [0.29, 0.717) is 10.2 Å². The molecule has 0 amide bonds. The molecule has 2 aromatic rings. The molecule has 6 nitrogen and oxygen atoms in total. The Hall–Kier alpha value is -1.74. The van der Waals surface area contributed by atoms with Crippen LogP contribution in [0.2, 0.25) is 0 Å². The van der Waals surface area contributed by atoms with Gasteiger partial charge < -0.3 is 0 Å². The summed E-state index contributed by atoms with van der Waals surface area (Å²) in [5.41, 5.74) is -1.09. The summed E-state index contributed by atoms with van der Waals surface area (Å²) in [5.74, 6) is -0.886. The van der Waals surface area contributed by atoms with Crippen molar-refractivity contribution < 1.29 is 12.8 Å². The van der Waals surface area contributed by atoms with Gasteiger partial charge in [0, 0.05) is 19.5 Å². The fourth-order valence-corrected chi connectivity index (χ4v) is 3.84. The molecule has 0 atom stereocenters. The van der Waals surface area contributed by atoms with E-state index in [0.717, 1.165) is 4.57 Å². The van der Waals surface area contributed by atoms with Crippen molar-refractivity contribution in [2.45, 2.75) is 4.90 Å². The van der Waals surface area contributed by atoms with Crippen molar-refractivity contribution in [2.75, 3.05) is 7.05 Å². The van der Waals surface area contributed by atoms with Gasteiger partial charge in [-0.1, -0.05) is 0 Å². The Labute approximate surface area is 112 Å². The summed E-state index contributed by atoms with van der Waals surface area (Å²) in [7, 11) is -1.51. The Kier molecular flexibility index (Phi) is 3.42. The number of nitrogens with zero attached hydrogens (tertiary/aromatic N) is 3. The van der Waals surface area contributed by atoms with E-state index in [1.165, 1.54) is 36.9 Å². The molecule has 0 saturated heterocycles. The van der Waals surface area contributed by atoms with E-state index in [4.69, 9.17) is 0 Å². The number of thiophene rings is 1. The van der Waals surface area contributed by atoms with Crippen LogP contribution in [0.15, 0.2) is 37.7 Å². The van der Waals surface area contributed by atoms with Gasteiger partial charge in [0.15, 0.2) is 11.3 Å². The summed E-state index contributed by atoms with van der Waals surface area (Å²) in [4.78, 5) is 15.5. The number of halogens is 1. The van der Waals surface area contributed by atoms with Crippen molar-refractivity contribution in [2.24, 2.45) is 12.0 Å². The van der Waals surface area contributed by atoms with Crippen molar-refractivity contribution in [1.82, 2.24) is 8.54 Å². The highest BCUT2D eigenvalue weighted by Gasteiger charge is 2.21. The second-order valence-corrected chi connectivity index (χ2v) is 6.22. The molecule has 2 rings (SSSR count). The molecule has 9 heteroatoms. The average molecular weight is 303 g/mol. The Balaban J connectivity index is 2.84. The molecular formula is C10H10FN3O3S2. The van der Waals surface area contributed by atoms with E-state index in [2.05, 4.69) is 4.99 Å². The smallest absolute Gasteiger partial charge is 0.278 e. The summed E-state index contributed by atoms with van der Waals surface area (Å²) in [6.45, 7) is 0. The third-order valence-corrected chi connectivity index (χ3v) is 4.96. The van der Waals surface area contributed by atoms with E-state index in [-0.39, 0.29) is 10.4 Å². The zero-order chi connectivity index (χ0) is 14.2. The maximum absolute atomic E-state index is 13.7. The predicted octanol–water partition coefficient (Wildman–Crippen LogP) is 0.155. The highest BCUT2D eigenvalue weighted by Crippen LogP contribution is 2.15. The Morgan fingerprint density at radius 2 is 2.11 bits per heavy atom. The average Bonchev–Trinajstić information content (AvgIpc) is 2.88. The lowest BCUT2D eigenvalue weighted by molar-refractivity contribution is 0.537. The van der Waals surface area contributed by atoms with Crippen molar-refractivity contribution in [1.29, 1.82) is 0 Å². The SMILES string of the molecule is C/N=c1\c(F)cn(S(=O)(=O)c2ccsc2)c(=O)n1C. The highest BCUT2D eigenvalue weighted by atomic mass is 32.2. The molecule has 2 aromatic heterocycles. The van der Waals surface area contributed by atoms with Crippen LogP contribution in [0.5, 0.6) is 0 Å². The maximum atomic E-state index is 13.7. The number of hydrogen-bond acceptors (Lipinski definition) is 5. The standard InChI is InChI=1S/C10H10FN3O3S2/c1-12-9-8(11)5-14(10(15)13(9)2)19(16,17)7-3-4-18-6-7/h3-6H,1-2H3/b12-9+. The summed E-state index contributed by atoms with van der Waals surface area (Å²) in [5, 5.41) is 2.93. The molecule has 0 N–H and O–H groups in total. The van der Waals surface area contributed by atoms with Crippen LogP contribution >= 0.6 is 11.3 Å². The first-order valence-corrected chi connectivity index (χ1v) is 7.46. The second-order valence-electron chi connectivity index (χ2n) is 3.63. The molecule has 2 heterocycles. The lowest BCUT2D eigenvalue weighted by Crippen LogP contribution is -2.42. The van der Waals surface area contributed by atoms with Gasteiger partial charge in [0.05, 0.1) is 11.1 Å². The predicted molar refractivity (Wildman–Crippen MR) is 68.0 cm³/mol. The van der Waals surface area contributed by atoms with E-state index in [1.54, 1.807) is 5.38 Å². The molecule has 0 aliphatic rings. The highest BCUT2D eigenvalue weighted by molar-refractivity contribution is 7.90.